The number of benzene rings is 1. The molecule has 1 aliphatic heterocycles. The van der Waals surface area contributed by atoms with Gasteiger partial charge in [-0.2, -0.15) is 4.98 Å². The molecule has 1 aliphatic carbocycles. The van der Waals surface area contributed by atoms with E-state index in [0.717, 1.165) is 50.1 Å². The van der Waals surface area contributed by atoms with E-state index in [4.69, 9.17) is 4.42 Å². The highest BCUT2D eigenvalue weighted by atomic mass is 16.4. The summed E-state index contributed by atoms with van der Waals surface area (Å²) in [5.74, 6) is -0.00878. The lowest BCUT2D eigenvalue weighted by atomic mass is 10.1. The molecule has 6 nitrogen and oxygen atoms in total. The van der Waals surface area contributed by atoms with Gasteiger partial charge in [-0.15, -0.1) is 0 Å². The lowest BCUT2D eigenvalue weighted by Crippen LogP contribution is -2.43. The van der Waals surface area contributed by atoms with Gasteiger partial charge in [0.25, 0.3) is 11.9 Å². The standard InChI is InChI=1S/C17H22N4O2/c22-16(19-13-3-1-2-4-13)12-5-6-15-14(11-12)20-17(23-15)21-9-7-18-8-10-21/h5-6,11,13,18H,1-4,7-10H2,(H,19,22). The van der Waals surface area contributed by atoms with Gasteiger partial charge in [-0.3, -0.25) is 4.79 Å². The van der Waals surface area contributed by atoms with Crippen LogP contribution >= 0.6 is 0 Å². The van der Waals surface area contributed by atoms with E-state index in [2.05, 4.69) is 20.5 Å². The molecule has 1 saturated heterocycles. The summed E-state index contributed by atoms with van der Waals surface area (Å²) in [6, 6.07) is 6.47. The third-order valence-electron chi connectivity index (χ3n) is 4.72. The average Bonchev–Trinajstić information content (AvgIpc) is 3.24. The Labute approximate surface area is 135 Å². The SMILES string of the molecule is O=C(NC1CCCC1)c1ccc2oc(N3CCNCC3)nc2c1. The number of nitrogens with one attached hydrogen (secondary N) is 2. The second-order valence-corrected chi connectivity index (χ2v) is 6.37. The summed E-state index contributed by atoms with van der Waals surface area (Å²) in [5.41, 5.74) is 2.14. The Morgan fingerprint density at radius 3 is 2.83 bits per heavy atom. The molecule has 0 atom stereocenters. The molecule has 0 radical (unpaired) electrons. The maximum absolute atomic E-state index is 12.4. The number of rotatable bonds is 3. The summed E-state index contributed by atoms with van der Waals surface area (Å²) >= 11 is 0. The van der Waals surface area contributed by atoms with Crippen molar-refractivity contribution in [1.29, 1.82) is 0 Å². The Morgan fingerprint density at radius 2 is 2.04 bits per heavy atom. The van der Waals surface area contributed by atoms with E-state index in [9.17, 15) is 4.79 Å². The van der Waals surface area contributed by atoms with Gasteiger partial charge < -0.3 is 20.0 Å². The largest absolute Gasteiger partial charge is 0.423 e. The summed E-state index contributed by atoms with van der Waals surface area (Å²) in [4.78, 5) is 19.1. The smallest absolute Gasteiger partial charge is 0.298 e. The highest BCUT2D eigenvalue weighted by Crippen LogP contribution is 2.24. The number of fused-ring (bicyclic) bond motifs is 1. The van der Waals surface area contributed by atoms with E-state index in [-0.39, 0.29) is 5.91 Å². The number of amides is 1. The average molecular weight is 314 g/mol. The van der Waals surface area contributed by atoms with E-state index in [1.165, 1.54) is 12.8 Å². The highest BCUT2D eigenvalue weighted by Gasteiger charge is 2.20. The summed E-state index contributed by atoms with van der Waals surface area (Å²) < 4.78 is 5.83. The molecule has 1 saturated carbocycles. The molecule has 1 aromatic heterocycles. The topological polar surface area (TPSA) is 70.4 Å². The molecule has 1 aromatic carbocycles. The molecule has 0 spiro atoms. The zero-order chi connectivity index (χ0) is 15.6. The molecule has 122 valence electrons. The van der Waals surface area contributed by atoms with Gasteiger partial charge in [0.05, 0.1) is 0 Å². The van der Waals surface area contributed by atoms with Crippen molar-refractivity contribution in [3.05, 3.63) is 23.8 Å². The van der Waals surface area contributed by atoms with Crippen molar-refractivity contribution in [3.8, 4) is 0 Å². The summed E-state index contributed by atoms with van der Waals surface area (Å²) in [6.45, 7) is 3.66. The fraction of sp³-hybridized carbons (Fsp3) is 0.529. The van der Waals surface area contributed by atoms with Gasteiger partial charge in [-0.25, -0.2) is 0 Å². The summed E-state index contributed by atoms with van der Waals surface area (Å²) in [5, 5.41) is 6.43. The van der Waals surface area contributed by atoms with Crippen molar-refractivity contribution >= 4 is 23.0 Å². The third-order valence-corrected chi connectivity index (χ3v) is 4.72. The van der Waals surface area contributed by atoms with Crippen molar-refractivity contribution in [1.82, 2.24) is 15.6 Å². The molecule has 0 unspecified atom stereocenters. The maximum Gasteiger partial charge on any atom is 0.298 e. The third kappa shape index (κ3) is 3.03. The van der Waals surface area contributed by atoms with Crippen LogP contribution < -0.4 is 15.5 Å². The van der Waals surface area contributed by atoms with Gasteiger partial charge in [0.2, 0.25) is 0 Å². The van der Waals surface area contributed by atoms with Crippen LogP contribution in [0.5, 0.6) is 0 Å². The zero-order valence-electron chi connectivity index (χ0n) is 13.2. The van der Waals surface area contributed by atoms with Gasteiger partial charge in [0, 0.05) is 37.8 Å². The van der Waals surface area contributed by atoms with E-state index in [0.29, 0.717) is 17.6 Å². The first-order valence-electron chi connectivity index (χ1n) is 8.47. The molecule has 2 heterocycles. The number of oxazole rings is 1. The van der Waals surface area contributed by atoms with Crippen LogP contribution in [-0.4, -0.2) is 43.1 Å². The van der Waals surface area contributed by atoms with E-state index < -0.39 is 0 Å². The first kappa shape index (κ1) is 14.5. The van der Waals surface area contributed by atoms with Crippen LogP contribution in [0.25, 0.3) is 11.1 Å². The molecule has 2 fully saturated rings. The van der Waals surface area contributed by atoms with E-state index in [1.54, 1.807) is 0 Å². The Bertz CT molecular complexity index is 700. The van der Waals surface area contributed by atoms with Crippen molar-refractivity contribution in [2.75, 3.05) is 31.1 Å². The Kier molecular flexibility index (Phi) is 3.91. The number of aromatic nitrogens is 1. The van der Waals surface area contributed by atoms with Crippen LogP contribution in [0.2, 0.25) is 0 Å². The molecular formula is C17H22N4O2. The van der Waals surface area contributed by atoms with Gasteiger partial charge in [-0.05, 0) is 31.0 Å². The van der Waals surface area contributed by atoms with Crippen LogP contribution in [0.15, 0.2) is 22.6 Å². The van der Waals surface area contributed by atoms with Gasteiger partial charge in [0.1, 0.15) is 5.52 Å². The molecular weight excluding hydrogens is 292 g/mol. The quantitative estimate of drug-likeness (QED) is 0.905. The minimum absolute atomic E-state index is 0.00878. The number of piperazine rings is 1. The molecule has 2 N–H and O–H groups in total. The van der Waals surface area contributed by atoms with Gasteiger partial charge in [-0.1, -0.05) is 12.8 Å². The van der Waals surface area contributed by atoms with Crippen LogP contribution in [0.4, 0.5) is 6.01 Å². The Balaban J connectivity index is 1.53. The number of carbonyl (C=O) groups is 1. The fourth-order valence-corrected chi connectivity index (χ4v) is 3.39. The molecule has 4 rings (SSSR count). The van der Waals surface area contributed by atoms with Crippen LogP contribution in [-0.2, 0) is 0 Å². The molecule has 23 heavy (non-hydrogen) atoms. The lowest BCUT2D eigenvalue weighted by Gasteiger charge is -2.25. The zero-order valence-corrected chi connectivity index (χ0v) is 13.2. The molecule has 6 heteroatoms. The van der Waals surface area contributed by atoms with Crippen molar-refractivity contribution in [2.45, 2.75) is 31.7 Å². The van der Waals surface area contributed by atoms with E-state index in [1.807, 2.05) is 18.2 Å². The van der Waals surface area contributed by atoms with Crippen LogP contribution in [0, 0.1) is 0 Å². The number of carbonyl (C=O) groups excluding carboxylic acids is 1. The molecule has 2 aliphatic rings. The maximum atomic E-state index is 12.4. The molecule has 0 bridgehead atoms. The molecule has 2 aromatic rings. The second-order valence-electron chi connectivity index (χ2n) is 6.37. The minimum atomic E-state index is -0.00878. The van der Waals surface area contributed by atoms with E-state index >= 15 is 0 Å². The number of hydrogen-bond donors (Lipinski definition) is 2. The first-order valence-corrected chi connectivity index (χ1v) is 8.47. The summed E-state index contributed by atoms with van der Waals surface area (Å²) in [6.07, 6.45) is 4.60. The molecule has 1 amide bonds. The van der Waals surface area contributed by atoms with Crippen molar-refractivity contribution in [3.63, 3.8) is 0 Å². The summed E-state index contributed by atoms with van der Waals surface area (Å²) in [7, 11) is 0. The second kappa shape index (κ2) is 6.20. The van der Waals surface area contributed by atoms with Crippen LogP contribution in [0.3, 0.4) is 0 Å². The van der Waals surface area contributed by atoms with Crippen molar-refractivity contribution in [2.24, 2.45) is 0 Å². The normalized spacial score (nSPS) is 19.4. The van der Waals surface area contributed by atoms with Crippen LogP contribution in [0.1, 0.15) is 36.0 Å². The number of hydrogen-bond acceptors (Lipinski definition) is 5. The first-order chi connectivity index (χ1) is 11.3. The predicted octanol–water partition coefficient (Wildman–Crippen LogP) is 1.91. The lowest BCUT2D eigenvalue weighted by molar-refractivity contribution is 0.0938. The minimum Gasteiger partial charge on any atom is -0.423 e. The predicted molar refractivity (Wildman–Crippen MR) is 88.8 cm³/mol. The number of nitrogens with zero attached hydrogens (tertiary/aromatic N) is 2. The fourth-order valence-electron chi connectivity index (χ4n) is 3.39. The van der Waals surface area contributed by atoms with Gasteiger partial charge >= 0.3 is 0 Å². The number of anilines is 1. The highest BCUT2D eigenvalue weighted by molar-refractivity contribution is 5.97. The Morgan fingerprint density at radius 1 is 1.26 bits per heavy atom. The monoisotopic (exact) mass is 314 g/mol. The van der Waals surface area contributed by atoms with Crippen molar-refractivity contribution < 1.29 is 9.21 Å². The Hall–Kier alpha value is -2.08. The van der Waals surface area contributed by atoms with Gasteiger partial charge in [0.15, 0.2) is 5.58 Å².